The van der Waals surface area contributed by atoms with Gasteiger partial charge >= 0.3 is 0 Å². The molecule has 0 spiro atoms. The summed E-state index contributed by atoms with van der Waals surface area (Å²) in [5.74, 6) is -0.503. The zero-order chi connectivity index (χ0) is 13.0. The Bertz CT molecular complexity index is 602. The summed E-state index contributed by atoms with van der Waals surface area (Å²) in [7, 11) is 0. The van der Waals surface area contributed by atoms with E-state index < -0.39 is 5.82 Å². The number of halogens is 1. The molecule has 0 atom stereocenters. The second kappa shape index (κ2) is 5.28. The highest BCUT2D eigenvalue weighted by atomic mass is 19.1. The molecule has 1 heterocycles. The van der Waals surface area contributed by atoms with Crippen LogP contribution in [-0.2, 0) is 6.54 Å². The lowest BCUT2D eigenvalue weighted by Crippen LogP contribution is -2.03. The predicted octanol–water partition coefficient (Wildman–Crippen LogP) is 3.01. The van der Waals surface area contributed by atoms with Crippen molar-refractivity contribution in [3.05, 3.63) is 59.2 Å². The lowest BCUT2D eigenvalue weighted by molar-refractivity contribution is 0.624. The zero-order valence-corrected chi connectivity index (χ0v) is 9.94. The molecule has 0 aliphatic rings. The Balaban J connectivity index is 2.12. The lowest BCUT2D eigenvalue weighted by atomic mass is 10.2. The van der Waals surface area contributed by atoms with Crippen LogP contribution < -0.4 is 5.32 Å². The van der Waals surface area contributed by atoms with Gasteiger partial charge in [-0.1, -0.05) is 6.07 Å². The normalized spacial score (nSPS) is 9.83. The minimum atomic E-state index is -0.503. The summed E-state index contributed by atoms with van der Waals surface area (Å²) in [6.45, 7) is 2.53. The third kappa shape index (κ3) is 2.64. The molecule has 4 heteroatoms. The SMILES string of the molecule is Cc1cccnc1CNc1ccc(F)c(C#N)c1. The van der Waals surface area contributed by atoms with Gasteiger partial charge in [0.15, 0.2) is 0 Å². The van der Waals surface area contributed by atoms with E-state index in [9.17, 15) is 4.39 Å². The number of hydrogen-bond acceptors (Lipinski definition) is 3. The van der Waals surface area contributed by atoms with Crippen molar-refractivity contribution in [3.63, 3.8) is 0 Å². The van der Waals surface area contributed by atoms with Gasteiger partial charge in [0.25, 0.3) is 0 Å². The molecule has 0 bridgehead atoms. The van der Waals surface area contributed by atoms with Crippen LogP contribution >= 0.6 is 0 Å². The second-order valence-corrected chi connectivity index (χ2v) is 3.93. The fourth-order valence-electron chi connectivity index (χ4n) is 1.61. The van der Waals surface area contributed by atoms with Crippen LogP contribution in [0.5, 0.6) is 0 Å². The Morgan fingerprint density at radius 3 is 2.94 bits per heavy atom. The van der Waals surface area contributed by atoms with Crippen LogP contribution in [0.25, 0.3) is 0 Å². The quantitative estimate of drug-likeness (QED) is 0.898. The molecule has 0 amide bonds. The summed E-state index contributed by atoms with van der Waals surface area (Å²) >= 11 is 0. The third-order valence-corrected chi connectivity index (χ3v) is 2.66. The van der Waals surface area contributed by atoms with Crippen molar-refractivity contribution in [1.82, 2.24) is 4.98 Å². The highest BCUT2D eigenvalue weighted by Crippen LogP contribution is 2.15. The number of nitrogens with one attached hydrogen (secondary N) is 1. The molecular weight excluding hydrogens is 229 g/mol. The van der Waals surface area contributed by atoms with Crippen LogP contribution in [0.3, 0.4) is 0 Å². The molecule has 0 fully saturated rings. The maximum absolute atomic E-state index is 13.1. The molecule has 3 nitrogen and oxygen atoms in total. The van der Waals surface area contributed by atoms with Crippen molar-refractivity contribution in [3.8, 4) is 6.07 Å². The molecular formula is C14H12FN3. The summed E-state index contributed by atoms with van der Waals surface area (Å²) in [6.07, 6.45) is 1.73. The van der Waals surface area contributed by atoms with Gasteiger partial charge in [0.05, 0.1) is 17.8 Å². The van der Waals surface area contributed by atoms with Gasteiger partial charge in [-0.3, -0.25) is 4.98 Å². The van der Waals surface area contributed by atoms with Crippen LogP contribution in [0.4, 0.5) is 10.1 Å². The number of hydrogen-bond donors (Lipinski definition) is 1. The van der Waals surface area contributed by atoms with E-state index in [0.717, 1.165) is 11.3 Å². The molecule has 0 aliphatic carbocycles. The molecule has 1 aromatic carbocycles. The molecule has 18 heavy (non-hydrogen) atoms. The summed E-state index contributed by atoms with van der Waals surface area (Å²) in [4.78, 5) is 4.25. The Kier molecular flexibility index (Phi) is 3.54. The number of pyridine rings is 1. The lowest BCUT2D eigenvalue weighted by Gasteiger charge is -2.08. The first-order chi connectivity index (χ1) is 8.70. The molecule has 0 saturated carbocycles. The Hall–Kier alpha value is -2.41. The molecule has 1 N–H and O–H groups in total. The van der Waals surface area contributed by atoms with Gasteiger partial charge in [-0.05, 0) is 36.8 Å². The van der Waals surface area contributed by atoms with Gasteiger partial charge in [0.1, 0.15) is 11.9 Å². The van der Waals surface area contributed by atoms with Crippen molar-refractivity contribution in [2.75, 3.05) is 5.32 Å². The second-order valence-electron chi connectivity index (χ2n) is 3.93. The molecule has 90 valence electrons. The van der Waals surface area contributed by atoms with Crippen LogP contribution in [0.15, 0.2) is 36.5 Å². The Labute approximate surface area is 105 Å². The van der Waals surface area contributed by atoms with Crippen molar-refractivity contribution in [2.45, 2.75) is 13.5 Å². The van der Waals surface area contributed by atoms with Gasteiger partial charge in [-0.15, -0.1) is 0 Å². The number of aromatic nitrogens is 1. The monoisotopic (exact) mass is 241 g/mol. The van der Waals surface area contributed by atoms with Gasteiger partial charge in [-0.25, -0.2) is 4.39 Å². The minimum Gasteiger partial charge on any atom is -0.379 e. The first-order valence-electron chi connectivity index (χ1n) is 5.54. The molecule has 0 aliphatic heterocycles. The van der Waals surface area contributed by atoms with Crippen LogP contribution in [-0.4, -0.2) is 4.98 Å². The highest BCUT2D eigenvalue weighted by molar-refractivity contribution is 5.50. The summed E-state index contributed by atoms with van der Waals surface area (Å²) < 4.78 is 13.1. The van der Waals surface area contributed by atoms with Crippen LogP contribution in [0, 0.1) is 24.1 Å². The van der Waals surface area contributed by atoms with E-state index in [4.69, 9.17) is 5.26 Å². The predicted molar refractivity (Wildman–Crippen MR) is 67.4 cm³/mol. The first kappa shape index (κ1) is 12.1. The van der Waals surface area contributed by atoms with Gasteiger partial charge < -0.3 is 5.32 Å². The van der Waals surface area contributed by atoms with E-state index in [2.05, 4.69) is 10.3 Å². The maximum atomic E-state index is 13.1. The third-order valence-electron chi connectivity index (χ3n) is 2.66. The van der Waals surface area contributed by atoms with E-state index in [0.29, 0.717) is 12.2 Å². The first-order valence-corrected chi connectivity index (χ1v) is 5.54. The Morgan fingerprint density at radius 1 is 1.39 bits per heavy atom. The minimum absolute atomic E-state index is 0.0396. The highest BCUT2D eigenvalue weighted by Gasteiger charge is 2.03. The van der Waals surface area contributed by atoms with Crippen molar-refractivity contribution in [1.29, 1.82) is 5.26 Å². The van der Waals surface area contributed by atoms with Gasteiger partial charge in [-0.2, -0.15) is 5.26 Å². The molecule has 0 radical (unpaired) electrons. The molecule has 0 saturated heterocycles. The van der Waals surface area contributed by atoms with E-state index in [-0.39, 0.29) is 5.56 Å². The van der Waals surface area contributed by atoms with Crippen molar-refractivity contribution >= 4 is 5.69 Å². The summed E-state index contributed by atoms with van der Waals surface area (Å²) in [6, 6.07) is 10.1. The van der Waals surface area contributed by atoms with E-state index in [1.807, 2.05) is 25.1 Å². The van der Waals surface area contributed by atoms with Crippen molar-refractivity contribution in [2.24, 2.45) is 0 Å². The van der Waals surface area contributed by atoms with Crippen LogP contribution in [0.1, 0.15) is 16.8 Å². The molecule has 2 rings (SSSR count). The topological polar surface area (TPSA) is 48.7 Å². The standard InChI is InChI=1S/C14H12FN3/c1-10-3-2-6-17-14(10)9-18-12-4-5-13(15)11(7-12)8-16/h2-7,18H,9H2,1H3. The summed E-state index contributed by atoms with van der Waals surface area (Å²) in [5, 5.41) is 11.9. The number of rotatable bonds is 3. The van der Waals surface area contributed by atoms with E-state index >= 15 is 0 Å². The molecule has 2 aromatic rings. The number of aryl methyl sites for hydroxylation is 1. The molecule has 0 unspecified atom stereocenters. The fraction of sp³-hybridized carbons (Fsp3) is 0.143. The average Bonchev–Trinajstić information content (AvgIpc) is 2.39. The van der Waals surface area contributed by atoms with E-state index in [1.165, 1.54) is 12.1 Å². The van der Waals surface area contributed by atoms with Gasteiger partial charge in [0, 0.05) is 11.9 Å². The zero-order valence-electron chi connectivity index (χ0n) is 9.94. The average molecular weight is 241 g/mol. The van der Waals surface area contributed by atoms with Crippen molar-refractivity contribution < 1.29 is 4.39 Å². The molecule has 1 aromatic heterocycles. The smallest absolute Gasteiger partial charge is 0.141 e. The maximum Gasteiger partial charge on any atom is 0.141 e. The van der Waals surface area contributed by atoms with Crippen LogP contribution in [0.2, 0.25) is 0 Å². The fourth-order valence-corrected chi connectivity index (χ4v) is 1.61. The number of nitriles is 1. The largest absolute Gasteiger partial charge is 0.379 e. The summed E-state index contributed by atoms with van der Waals surface area (Å²) in [5.41, 5.74) is 2.77. The number of benzene rings is 1. The Morgan fingerprint density at radius 2 is 2.22 bits per heavy atom. The number of anilines is 1. The van der Waals surface area contributed by atoms with E-state index in [1.54, 1.807) is 12.3 Å². The number of nitrogens with zero attached hydrogens (tertiary/aromatic N) is 2. The van der Waals surface area contributed by atoms with Gasteiger partial charge in [0.2, 0.25) is 0 Å².